The van der Waals surface area contributed by atoms with E-state index in [9.17, 15) is 14.7 Å². The molecule has 4 atom stereocenters. The second-order valence-corrected chi connectivity index (χ2v) is 8.80. The SMILES string of the molecule is COC(=O)CCC/C=C\C[C@H]1[C@H](C(=O)O)[C@@H]2C[C@@]1(c1ccc(-c3ccccc3)cc1)CO2. The minimum atomic E-state index is -0.776. The van der Waals surface area contributed by atoms with E-state index in [1.165, 1.54) is 12.7 Å². The molecule has 0 spiro atoms. The Bertz CT molecular complexity index is 965. The Morgan fingerprint density at radius 2 is 1.81 bits per heavy atom. The number of ether oxygens (including phenoxy) is 2. The van der Waals surface area contributed by atoms with Gasteiger partial charge in [0.25, 0.3) is 0 Å². The number of methoxy groups -OCH3 is 1. The summed E-state index contributed by atoms with van der Waals surface area (Å²) < 4.78 is 10.6. The first-order valence-corrected chi connectivity index (χ1v) is 11.3. The van der Waals surface area contributed by atoms with Gasteiger partial charge in [0, 0.05) is 11.8 Å². The Morgan fingerprint density at radius 1 is 1.09 bits per heavy atom. The van der Waals surface area contributed by atoms with Crippen LogP contribution in [-0.4, -0.2) is 36.9 Å². The first-order chi connectivity index (χ1) is 15.5. The molecule has 5 heteroatoms. The van der Waals surface area contributed by atoms with Crippen LogP contribution >= 0.6 is 0 Å². The molecule has 2 aromatic carbocycles. The molecule has 2 bridgehead atoms. The molecule has 0 amide bonds. The molecule has 32 heavy (non-hydrogen) atoms. The molecular weight excluding hydrogens is 404 g/mol. The molecule has 1 aliphatic heterocycles. The number of benzene rings is 2. The predicted molar refractivity (Wildman–Crippen MR) is 122 cm³/mol. The van der Waals surface area contributed by atoms with Crippen LogP contribution in [-0.2, 0) is 24.5 Å². The molecule has 2 aliphatic rings. The smallest absolute Gasteiger partial charge is 0.309 e. The van der Waals surface area contributed by atoms with Crippen molar-refractivity contribution in [1.29, 1.82) is 0 Å². The fraction of sp³-hybridized carbons (Fsp3) is 0.407. The van der Waals surface area contributed by atoms with Crippen LogP contribution in [0, 0.1) is 11.8 Å². The molecular formula is C27H30O5. The molecule has 0 unspecified atom stereocenters. The largest absolute Gasteiger partial charge is 0.481 e. The third kappa shape index (κ3) is 4.35. The summed E-state index contributed by atoms with van der Waals surface area (Å²) in [7, 11) is 1.40. The Kier molecular flexibility index (Phi) is 6.75. The summed E-state index contributed by atoms with van der Waals surface area (Å²) in [6.45, 7) is 0.562. The van der Waals surface area contributed by atoms with Gasteiger partial charge in [0.05, 0.1) is 25.7 Å². The number of carboxylic acid groups (broad SMARTS) is 1. The van der Waals surface area contributed by atoms with Gasteiger partial charge in [-0.25, -0.2) is 0 Å². The lowest BCUT2D eigenvalue weighted by Gasteiger charge is -2.37. The number of fused-ring (bicyclic) bond motifs is 2. The summed E-state index contributed by atoms with van der Waals surface area (Å²) in [6, 6.07) is 18.8. The third-order valence-electron chi connectivity index (χ3n) is 7.05. The second-order valence-electron chi connectivity index (χ2n) is 8.80. The average molecular weight is 435 g/mol. The first-order valence-electron chi connectivity index (χ1n) is 11.3. The van der Waals surface area contributed by atoms with E-state index < -0.39 is 11.9 Å². The lowest BCUT2D eigenvalue weighted by atomic mass is 9.69. The van der Waals surface area contributed by atoms with Gasteiger partial charge in [-0.3, -0.25) is 9.59 Å². The molecule has 1 saturated heterocycles. The maximum absolute atomic E-state index is 12.1. The van der Waals surface area contributed by atoms with Crippen LogP contribution in [0.1, 0.15) is 37.7 Å². The molecule has 0 aromatic heterocycles. The van der Waals surface area contributed by atoms with Gasteiger partial charge in [-0.15, -0.1) is 0 Å². The minimum Gasteiger partial charge on any atom is -0.481 e. The van der Waals surface area contributed by atoms with E-state index in [1.54, 1.807) is 0 Å². The van der Waals surface area contributed by atoms with Crippen molar-refractivity contribution in [2.75, 3.05) is 13.7 Å². The number of allylic oxidation sites excluding steroid dienone is 2. The van der Waals surface area contributed by atoms with Crippen LogP contribution in [0.3, 0.4) is 0 Å². The van der Waals surface area contributed by atoms with Crippen molar-refractivity contribution in [3.05, 3.63) is 72.3 Å². The van der Waals surface area contributed by atoms with Crippen molar-refractivity contribution in [2.24, 2.45) is 11.8 Å². The molecule has 1 N–H and O–H groups in total. The minimum absolute atomic E-state index is 0.0156. The van der Waals surface area contributed by atoms with Gasteiger partial charge in [-0.05, 0) is 48.3 Å². The molecule has 1 aliphatic carbocycles. The topological polar surface area (TPSA) is 72.8 Å². The van der Waals surface area contributed by atoms with Gasteiger partial charge < -0.3 is 14.6 Å². The van der Waals surface area contributed by atoms with Crippen LogP contribution in [0.4, 0.5) is 0 Å². The molecule has 0 radical (unpaired) electrons. The highest BCUT2D eigenvalue weighted by Crippen LogP contribution is 2.56. The van der Waals surface area contributed by atoms with Gasteiger partial charge >= 0.3 is 11.9 Å². The predicted octanol–water partition coefficient (Wildman–Crippen LogP) is 5.00. The van der Waals surface area contributed by atoms with Crippen molar-refractivity contribution in [3.63, 3.8) is 0 Å². The van der Waals surface area contributed by atoms with Gasteiger partial charge in [0.2, 0.25) is 0 Å². The number of unbranched alkanes of at least 4 members (excludes halogenated alkanes) is 1. The highest BCUT2D eigenvalue weighted by atomic mass is 16.5. The number of carbonyl (C=O) groups is 2. The van der Waals surface area contributed by atoms with E-state index in [0.717, 1.165) is 30.4 Å². The summed E-state index contributed by atoms with van der Waals surface area (Å²) in [5.74, 6) is -1.50. The highest BCUT2D eigenvalue weighted by molar-refractivity contribution is 5.73. The fourth-order valence-electron chi connectivity index (χ4n) is 5.40. The van der Waals surface area contributed by atoms with Crippen molar-refractivity contribution in [3.8, 4) is 11.1 Å². The quantitative estimate of drug-likeness (QED) is 0.342. The number of carboxylic acids is 1. The van der Waals surface area contributed by atoms with E-state index in [-0.39, 0.29) is 23.4 Å². The lowest BCUT2D eigenvalue weighted by Crippen LogP contribution is -2.42. The van der Waals surface area contributed by atoms with Crippen molar-refractivity contribution >= 4 is 11.9 Å². The van der Waals surface area contributed by atoms with E-state index in [4.69, 9.17) is 4.74 Å². The molecule has 1 saturated carbocycles. The molecule has 5 nitrogen and oxygen atoms in total. The number of hydrogen-bond donors (Lipinski definition) is 1. The van der Waals surface area contributed by atoms with Gasteiger partial charge in [0.1, 0.15) is 0 Å². The maximum atomic E-state index is 12.1. The molecule has 168 valence electrons. The van der Waals surface area contributed by atoms with Crippen LogP contribution in [0.5, 0.6) is 0 Å². The Labute approximate surface area is 189 Å². The standard InChI is InChI=1S/C27H30O5/c1-31-24(28)12-8-3-2-7-11-22-25(26(29)30)23-17-27(22,18-32-23)21-15-13-20(14-16-21)19-9-5-4-6-10-19/h2,4-7,9-10,13-16,22-23,25H,3,8,11-12,17-18H2,1H3,(H,29,30)/b7-2-/t22-,23-,25-,27-/m0/s1. The van der Waals surface area contributed by atoms with Gasteiger partial charge in [-0.2, -0.15) is 0 Å². The maximum Gasteiger partial charge on any atom is 0.309 e. The summed E-state index contributed by atoms with van der Waals surface area (Å²) in [5, 5.41) is 9.93. The average Bonchev–Trinajstić information content (AvgIpc) is 3.40. The number of carbonyl (C=O) groups excluding carboxylic acids is 1. The van der Waals surface area contributed by atoms with E-state index >= 15 is 0 Å². The summed E-state index contributed by atoms with van der Waals surface area (Å²) >= 11 is 0. The van der Waals surface area contributed by atoms with E-state index in [2.05, 4.69) is 53.3 Å². The number of esters is 1. The zero-order valence-corrected chi connectivity index (χ0v) is 18.4. The number of hydrogen-bond acceptors (Lipinski definition) is 4. The molecule has 2 fully saturated rings. The zero-order chi connectivity index (χ0) is 22.6. The second kappa shape index (κ2) is 9.70. The summed E-state index contributed by atoms with van der Waals surface area (Å²) in [6.07, 6.45) is 7.24. The van der Waals surface area contributed by atoms with Gasteiger partial charge in [0.15, 0.2) is 0 Å². The van der Waals surface area contributed by atoms with Crippen LogP contribution < -0.4 is 0 Å². The third-order valence-corrected chi connectivity index (χ3v) is 7.05. The van der Waals surface area contributed by atoms with Crippen molar-refractivity contribution in [2.45, 2.75) is 43.6 Å². The normalized spacial score (nSPS) is 26.5. The monoisotopic (exact) mass is 434 g/mol. The number of rotatable bonds is 9. The van der Waals surface area contributed by atoms with Crippen LogP contribution in [0.25, 0.3) is 11.1 Å². The van der Waals surface area contributed by atoms with Gasteiger partial charge in [-0.1, -0.05) is 66.7 Å². The number of aliphatic carboxylic acids is 1. The summed E-state index contributed by atoms with van der Waals surface area (Å²) in [4.78, 5) is 23.3. The van der Waals surface area contributed by atoms with Crippen LogP contribution in [0.15, 0.2) is 66.7 Å². The lowest BCUT2D eigenvalue weighted by molar-refractivity contribution is -0.151. The Balaban J connectivity index is 1.51. The Hall–Kier alpha value is -2.92. The zero-order valence-electron chi connectivity index (χ0n) is 18.4. The molecule has 2 aromatic rings. The highest BCUT2D eigenvalue weighted by Gasteiger charge is 2.61. The molecule has 1 heterocycles. The van der Waals surface area contributed by atoms with Crippen LogP contribution in [0.2, 0.25) is 0 Å². The van der Waals surface area contributed by atoms with Crippen molar-refractivity contribution in [1.82, 2.24) is 0 Å². The van der Waals surface area contributed by atoms with Crippen molar-refractivity contribution < 1.29 is 24.2 Å². The van der Waals surface area contributed by atoms with E-state index in [1.807, 2.05) is 18.2 Å². The van der Waals surface area contributed by atoms with E-state index in [0.29, 0.717) is 19.4 Å². The first kappa shape index (κ1) is 22.3. The Morgan fingerprint density at radius 3 is 2.50 bits per heavy atom. The molecule has 4 rings (SSSR count). The fourth-order valence-corrected chi connectivity index (χ4v) is 5.40. The summed E-state index contributed by atoms with van der Waals surface area (Å²) in [5.41, 5.74) is 3.20.